The molecule has 1 aromatic carbocycles. The number of hydrogen-bond acceptors (Lipinski definition) is 2. The summed E-state index contributed by atoms with van der Waals surface area (Å²) in [5.74, 6) is -3.89. The van der Waals surface area contributed by atoms with Crippen LogP contribution in [-0.4, -0.2) is 16.8 Å². The van der Waals surface area contributed by atoms with Crippen molar-refractivity contribution >= 4 is 15.9 Å². The topological polar surface area (TPSA) is 29.9 Å². The molecule has 21 heavy (non-hydrogen) atoms. The normalized spacial score (nSPS) is 13.0. The molecular formula is C14H15BrF3N3. The molecule has 1 N–H and O–H groups in total. The van der Waals surface area contributed by atoms with Crippen LogP contribution in [0, 0.1) is 17.5 Å². The number of hydrogen-bond donors (Lipinski definition) is 1. The molecule has 3 nitrogen and oxygen atoms in total. The second kappa shape index (κ2) is 6.19. The molecule has 2 rings (SSSR count). The second-order valence-electron chi connectivity index (χ2n) is 4.94. The molecule has 0 bridgehead atoms. The summed E-state index contributed by atoms with van der Waals surface area (Å²) in [6.07, 6.45) is 1.62. The van der Waals surface area contributed by atoms with Gasteiger partial charge in [-0.1, -0.05) is 0 Å². The van der Waals surface area contributed by atoms with Crippen LogP contribution in [0.1, 0.15) is 37.2 Å². The highest BCUT2D eigenvalue weighted by Gasteiger charge is 2.24. The highest BCUT2D eigenvalue weighted by Crippen LogP contribution is 2.31. The molecule has 0 radical (unpaired) electrons. The fourth-order valence-electron chi connectivity index (χ4n) is 2.24. The zero-order valence-electron chi connectivity index (χ0n) is 11.8. The van der Waals surface area contributed by atoms with Crippen LogP contribution in [0.15, 0.2) is 22.8 Å². The van der Waals surface area contributed by atoms with Crippen molar-refractivity contribution in [3.63, 3.8) is 0 Å². The van der Waals surface area contributed by atoms with E-state index in [9.17, 15) is 13.2 Å². The highest BCUT2D eigenvalue weighted by molar-refractivity contribution is 9.10. The van der Waals surface area contributed by atoms with Gasteiger partial charge >= 0.3 is 0 Å². The number of rotatable bonds is 4. The van der Waals surface area contributed by atoms with E-state index < -0.39 is 23.5 Å². The standard InChI is InChI=1S/C14H15BrF3N3/c1-7(2)21-14(9(15)6-20-21)13(19-3)8-4-10(16)12(18)11(17)5-8/h4-7,13,19H,1-3H3. The van der Waals surface area contributed by atoms with Gasteiger partial charge in [0.15, 0.2) is 17.5 Å². The number of aromatic nitrogens is 2. The molecule has 0 saturated carbocycles. The molecule has 1 unspecified atom stereocenters. The lowest BCUT2D eigenvalue weighted by atomic mass is 10.0. The predicted octanol–water partition coefficient (Wildman–Crippen LogP) is 3.95. The van der Waals surface area contributed by atoms with E-state index in [1.807, 2.05) is 13.8 Å². The summed E-state index contributed by atoms with van der Waals surface area (Å²) in [6, 6.07) is 1.53. The van der Waals surface area contributed by atoms with Gasteiger partial charge in [0.2, 0.25) is 0 Å². The number of halogens is 4. The molecule has 0 amide bonds. The van der Waals surface area contributed by atoms with E-state index >= 15 is 0 Å². The van der Waals surface area contributed by atoms with Crippen molar-refractivity contribution in [1.29, 1.82) is 0 Å². The van der Waals surface area contributed by atoms with Gasteiger partial charge in [-0.25, -0.2) is 13.2 Å². The first kappa shape index (κ1) is 16.0. The quantitative estimate of drug-likeness (QED) is 0.835. The SMILES string of the molecule is CNC(c1cc(F)c(F)c(F)c1)c1c(Br)cnn1C(C)C. The van der Waals surface area contributed by atoms with Crippen LogP contribution in [0.25, 0.3) is 0 Å². The van der Waals surface area contributed by atoms with Crippen molar-refractivity contribution in [2.75, 3.05) is 7.05 Å². The Morgan fingerprint density at radius 1 is 1.19 bits per heavy atom. The molecule has 1 heterocycles. The fraction of sp³-hybridized carbons (Fsp3) is 0.357. The van der Waals surface area contributed by atoms with E-state index in [0.717, 1.165) is 17.8 Å². The molecule has 0 aliphatic carbocycles. The second-order valence-corrected chi connectivity index (χ2v) is 5.79. The third-order valence-electron chi connectivity index (χ3n) is 3.18. The Hall–Kier alpha value is -1.34. The van der Waals surface area contributed by atoms with Crippen LogP contribution in [0.2, 0.25) is 0 Å². The molecule has 2 aromatic rings. The van der Waals surface area contributed by atoms with E-state index in [1.54, 1.807) is 17.9 Å². The van der Waals surface area contributed by atoms with Gasteiger partial charge in [-0.3, -0.25) is 4.68 Å². The van der Waals surface area contributed by atoms with Crippen LogP contribution in [0.3, 0.4) is 0 Å². The smallest absolute Gasteiger partial charge is 0.194 e. The molecular weight excluding hydrogens is 347 g/mol. The first-order chi connectivity index (χ1) is 9.86. The summed E-state index contributed by atoms with van der Waals surface area (Å²) < 4.78 is 42.5. The summed E-state index contributed by atoms with van der Waals surface area (Å²) >= 11 is 3.39. The largest absolute Gasteiger partial charge is 0.308 e. The van der Waals surface area contributed by atoms with Crippen LogP contribution >= 0.6 is 15.9 Å². The van der Waals surface area contributed by atoms with Crippen LogP contribution < -0.4 is 5.32 Å². The minimum atomic E-state index is -1.47. The third kappa shape index (κ3) is 2.98. The van der Waals surface area contributed by atoms with Gasteiger partial charge in [-0.15, -0.1) is 0 Å². The van der Waals surface area contributed by atoms with Gasteiger partial charge in [-0.2, -0.15) is 5.10 Å². The van der Waals surface area contributed by atoms with Crippen molar-refractivity contribution in [3.05, 3.63) is 51.5 Å². The molecule has 1 aromatic heterocycles. The average Bonchev–Trinajstić information content (AvgIpc) is 2.79. The van der Waals surface area contributed by atoms with E-state index in [1.165, 1.54) is 0 Å². The zero-order chi connectivity index (χ0) is 15.7. The van der Waals surface area contributed by atoms with Crippen molar-refractivity contribution in [1.82, 2.24) is 15.1 Å². The first-order valence-corrected chi connectivity index (χ1v) is 7.20. The van der Waals surface area contributed by atoms with Gasteiger partial charge in [0.1, 0.15) is 0 Å². The Morgan fingerprint density at radius 3 is 2.24 bits per heavy atom. The Balaban J connectivity index is 2.58. The minimum absolute atomic E-state index is 0.0669. The minimum Gasteiger partial charge on any atom is -0.308 e. The number of nitrogens with one attached hydrogen (secondary N) is 1. The van der Waals surface area contributed by atoms with Gasteiger partial charge in [-0.05, 0) is 54.5 Å². The molecule has 0 spiro atoms. The molecule has 0 aliphatic rings. The lowest BCUT2D eigenvalue weighted by Gasteiger charge is -2.21. The molecule has 7 heteroatoms. The number of nitrogens with zero attached hydrogens (tertiary/aromatic N) is 2. The number of benzene rings is 1. The monoisotopic (exact) mass is 361 g/mol. The van der Waals surface area contributed by atoms with Crippen LogP contribution in [0.5, 0.6) is 0 Å². The predicted molar refractivity (Wildman–Crippen MR) is 77.5 cm³/mol. The van der Waals surface area contributed by atoms with Crippen molar-refractivity contribution in [3.8, 4) is 0 Å². The molecule has 114 valence electrons. The summed E-state index contributed by atoms with van der Waals surface area (Å²) in [5, 5.41) is 7.22. The molecule has 0 aliphatic heterocycles. The Morgan fingerprint density at radius 2 is 1.76 bits per heavy atom. The first-order valence-electron chi connectivity index (χ1n) is 6.41. The maximum absolute atomic E-state index is 13.5. The van der Waals surface area contributed by atoms with Gasteiger partial charge in [0, 0.05) is 6.04 Å². The summed E-state index contributed by atoms with van der Waals surface area (Å²) in [5.41, 5.74) is 1.01. The lowest BCUT2D eigenvalue weighted by Crippen LogP contribution is -2.23. The van der Waals surface area contributed by atoms with Crippen molar-refractivity contribution < 1.29 is 13.2 Å². The van der Waals surface area contributed by atoms with Crippen molar-refractivity contribution in [2.24, 2.45) is 0 Å². The van der Waals surface area contributed by atoms with E-state index in [4.69, 9.17) is 0 Å². The Labute approximate surface area is 129 Å². The lowest BCUT2D eigenvalue weighted by molar-refractivity contribution is 0.440. The van der Waals surface area contributed by atoms with Gasteiger partial charge in [0.25, 0.3) is 0 Å². The van der Waals surface area contributed by atoms with Crippen LogP contribution in [0.4, 0.5) is 13.2 Å². The van der Waals surface area contributed by atoms with E-state index in [0.29, 0.717) is 4.47 Å². The molecule has 1 atom stereocenters. The van der Waals surface area contributed by atoms with Gasteiger partial charge < -0.3 is 5.32 Å². The molecule has 0 fully saturated rings. The third-order valence-corrected chi connectivity index (χ3v) is 3.79. The Bertz CT molecular complexity index is 632. The highest BCUT2D eigenvalue weighted by atomic mass is 79.9. The summed E-state index contributed by atoms with van der Waals surface area (Å²) in [6.45, 7) is 3.89. The fourth-order valence-corrected chi connectivity index (χ4v) is 2.74. The van der Waals surface area contributed by atoms with Crippen LogP contribution in [-0.2, 0) is 0 Å². The Kier molecular flexibility index (Phi) is 4.73. The van der Waals surface area contributed by atoms with Gasteiger partial charge in [0.05, 0.1) is 22.4 Å². The van der Waals surface area contributed by atoms with E-state index in [-0.39, 0.29) is 11.6 Å². The maximum atomic E-state index is 13.5. The molecule has 0 saturated heterocycles. The maximum Gasteiger partial charge on any atom is 0.194 e. The summed E-state index contributed by atoms with van der Waals surface area (Å²) in [4.78, 5) is 0. The zero-order valence-corrected chi connectivity index (χ0v) is 13.4. The summed E-state index contributed by atoms with van der Waals surface area (Å²) in [7, 11) is 1.66. The average molecular weight is 362 g/mol. The van der Waals surface area contributed by atoms with E-state index in [2.05, 4.69) is 26.3 Å². The van der Waals surface area contributed by atoms with Crippen molar-refractivity contribution in [2.45, 2.75) is 25.9 Å².